The van der Waals surface area contributed by atoms with Gasteiger partial charge in [-0.2, -0.15) is 0 Å². The number of benzene rings is 1. The molecule has 0 aliphatic carbocycles. The van der Waals surface area contributed by atoms with Crippen LogP contribution < -0.4 is 4.74 Å². The normalized spacial score (nSPS) is 28.0. The van der Waals surface area contributed by atoms with Crippen LogP contribution in [0, 0.1) is 5.41 Å². The van der Waals surface area contributed by atoms with Crippen molar-refractivity contribution in [1.82, 2.24) is 14.7 Å². The molecule has 1 aromatic rings. The summed E-state index contributed by atoms with van der Waals surface area (Å²) in [5, 5.41) is 0. The van der Waals surface area contributed by atoms with E-state index in [1.165, 1.54) is 51.0 Å². The van der Waals surface area contributed by atoms with Gasteiger partial charge in [-0.1, -0.05) is 18.2 Å². The van der Waals surface area contributed by atoms with E-state index < -0.39 is 0 Å². The van der Waals surface area contributed by atoms with Gasteiger partial charge in [-0.05, 0) is 50.9 Å². The molecule has 3 aliphatic heterocycles. The topological polar surface area (TPSA) is 28.2 Å². The second-order valence-corrected chi connectivity index (χ2v) is 8.71. The van der Waals surface area contributed by atoms with E-state index in [2.05, 4.69) is 46.0 Å². The van der Waals surface area contributed by atoms with Crippen molar-refractivity contribution in [3.63, 3.8) is 0 Å². The van der Waals surface area contributed by atoms with E-state index in [0.29, 0.717) is 5.41 Å². The lowest BCUT2D eigenvalue weighted by Crippen LogP contribution is -2.44. The van der Waals surface area contributed by atoms with Crippen LogP contribution in [0.1, 0.15) is 24.8 Å². The summed E-state index contributed by atoms with van der Waals surface area (Å²) in [5.41, 5.74) is 1.86. The smallest absolute Gasteiger partial charge is 0.123 e. The molecule has 150 valence electrons. The van der Waals surface area contributed by atoms with E-state index in [0.717, 1.165) is 51.7 Å². The molecule has 0 N–H and O–H groups in total. The highest BCUT2D eigenvalue weighted by molar-refractivity contribution is 5.33. The Labute approximate surface area is 164 Å². The molecule has 1 spiro atoms. The maximum absolute atomic E-state index is 6.20. The third kappa shape index (κ3) is 5.02. The fourth-order valence-corrected chi connectivity index (χ4v) is 5.06. The largest absolute Gasteiger partial charge is 0.492 e. The molecule has 5 nitrogen and oxygen atoms in total. The third-order valence-electron chi connectivity index (χ3n) is 6.50. The van der Waals surface area contributed by atoms with E-state index in [1.54, 1.807) is 0 Å². The van der Waals surface area contributed by atoms with Crippen molar-refractivity contribution >= 4 is 0 Å². The zero-order valence-electron chi connectivity index (χ0n) is 16.9. The lowest BCUT2D eigenvalue weighted by molar-refractivity contribution is 0.0321. The second-order valence-electron chi connectivity index (χ2n) is 8.71. The molecule has 3 heterocycles. The van der Waals surface area contributed by atoms with Gasteiger partial charge in [0.25, 0.3) is 0 Å². The Morgan fingerprint density at radius 3 is 2.67 bits per heavy atom. The molecule has 0 aromatic heterocycles. The predicted molar refractivity (Wildman–Crippen MR) is 108 cm³/mol. The lowest BCUT2D eigenvalue weighted by atomic mass is 9.79. The second kappa shape index (κ2) is 8.91. The van der Waals surface area contributed by atoms with Gasteiger partial charge in [0.15, 0.2) is 0 Å². The van der Waals surface area contributed by atoms with Crippen molar-refractivity contribution in [1.29, 1.82) is 0 Å². The maximum Gasteiger partial charge on any atom is 0.123 e. The summed E-state index contributed by atoms with van der Waals surface area (Å²) in [4.78, 5) is 7.59. The van der Waals surface area contributed by atoms with Crippen LogP contribution in [0.15, 0.2) is 24.3 Å². The minimum Gasteiger partial charge on any atom is -0.492 e. The third-order valence-corrected chi connectivity index (χ3v) is 6.50. The number of hydrogen-bond acceptors (Lipinski definition) is 5. The number of ether oxygens (including phenoxy) is 2. The van der Waals surface area contributed by atoms with Crippen molar-refractivity contribution in [2.24, 2.45) is 5.41 Å². The van der Waals surface area contributed by atoms with Crippen molar-refractivity contribution in [2.75, 3.05) is 72.7 Å². The zero-order valence-corrected chi connectivity index (χ0v) is 16.9. The van der Waals surface area contributed by atoms with Crippen LogP contribution in [0.25, 0.3) is 0 Å². The van der Waals surface area contributed by atoms with Gasteiger partial charge in [-0.15, -0.1) is 0 Å². The quantitative estimate of drug-likeness (QED) is 0.763. The average Bonchev–Trinajstić information content (AvgIpc) is 3.04. The van der Waals surface area contributed by atoms with Crippen LogP contribution in [0.4, 0.5) is 0 Å². The SMILES string of the molecule is CN1CC[C@@]2(CCCN(Cc3ccccc3OCCN3CCOCC3)C2)C1. The first kappa shape index (κ1) is 19.2. The summed E-state index contributed by atoms with van der Waals surface area (Å²) >= 11 is 0. The first-order valence-electron chi connectivity index (χ1n) is 10.6. The highest BCUT2D eigenvalue weighted by Crippen LogP contribution is 2.39. The molecule has 0 amide bonds. The van der Waals surface area contributed by atoms with Gasteiger partial charge in [0.1, 0.15) is 12.4 Å². The van der Waals surface area contributed by atoms with E-state index >= 15 is 0 Å². The van der Waals surface area contributed by atoms with E-state index in [4.69, 9.17) is 9.47 Å². The first-order valence-corrected chi connectivity index (χ1v) is 10.6. The molecule has 1 aromatic carbocycles. The summed E-state index contributed by atoms with van der Waals surface area (Å²) < 4.78 is 11.6. The zero-order chi connectivity index (χ0) is 18.5. The van der Waals surface area contributed by atoms with Crippen LogP contribution in [-0.2, 0) is 11.3 Å². The number of nitrogens with zero attached hydrogens (tertiary/aromatic N) is 3. The average molecular weight is 374 g/mol. The molecule has 3 saturated heterocycles. The minimum atomic E-state index is 0.527. The monoisotopic (exact) mass is 373 g/mol. The molecule has 27 heavy (non-hydrogen) atoms. The molecular formula is C22H35N3O2. The van der Waals surface area contributed by atoms with Crippen LogP contribution in [0.2, 0.25) is 0 Å². The number of morpholine rings is 1. The number of hydrogen-bond donors (Lipinski definition) is 0. The van der Waals surface area contributed by atoms with Crippen LogP contribution in [0.3, 0.4) is 0 Å². The summed E-state index contributed by atoms with van der Waals surface area (Å²) in [6.07, 6.45) is 4.08. The van der Waals surface area contributed by atoms with Gasteiger partial charge >= 0.3 is 0 Å². The highest BCUT2D eigenvalue weighted by atomic mass is 16.5. The predicted octanol–water partition coefficient (Wildman–Crippen LogP) is 2.32. The van der Waals surface area contributed by atoms with Crippen LogP contribution in [-0.4, -0.2) is 87.4 Å². The van der Waals surface area contributed by atoms with Crippen molar-refractivity contribution in [3.8, 4) is 5.75 Å². The van der Waals surface area contributed by atoms with Gasteiger partial charge in [0.2, 0.25) is 0 Å². The Bertz CT molecular complexity index is 601. The molecule has 0 bridgehead atoms. The molecule has 3 fully saturated rings. The lowest BCUT2D eigenvalue weighted by Gasteiger charge is -2.40. The molecule has 4 rings (SSSR count). The standard InChI is InChI=1S/C22H35N3O2/c1-23-10-8-22(18-23)7-4-9-25(19-22)17-20-5-2-3-6-21(20)27-16-13-24-11-14-26-15-12-24/h2-3,5-6H,4,7-19H2,1H3/t22-/m0/s1. The number of rotatable bonds is 6. The van der Waals surface area contributed by atoms with Gasteiger partial charge in [0, 0.05) is 44.8 Å². The van der Waals surface area contributed by atoms with Crippen LogP contribution >= 0.6 is 0 Å². The Morgan fingerprint density at radius 1 is 1.00 bits per heavy atom. The fourth-order valence-electron chi connectivity index (χ4n) is 5.06. The molecular weight excluding hydrogens is 338 g/mol. The molecule has 0 saturated carbocycles. The Balaban J connectivity index is 1.32. The van der Waals surface area contributed by atoms with Gasteiger partial charge in [-0.25, -0.2) is 0 Å². The van der Waals surface area contributed by atoms with Crippen molar-refractivity contribution < 1.29 is 9.47 Å². The van der Waals surface area contributed by atoms with E-state index in [1.807, 2.05) is 0 Å². The fraction of sp³-hybridized carbons (Fsp3) is 0.727. The van der Waals surface area contributed by atoms with E-state index in [-0.39, 0.29) is 0 Å². The molecule has 0 unspecified atom stereocenters. The van der Waals surface area contributed by atoms with Gasteiger partial charge in [-0.3, -0.25) is 9.80 Å². The van der Waals surface area contributed by atoms with E-state index in [9.17, 15) is 0 Å². The molecule has 3 aliphatic rings. The van der Waals surface area contributed by atoms with Gasteiger partial charge in [0.05, 0.1) is 13.2 Å². The number of para-hydroxylation sites is 1. The van der Waals surface area contributed by atoms with Gasteiger partial charge < -0.3 is 14.4 Å². The Kier molecular flexibility index (Phi) is 6.33. The molecule has 0 radical (unpaired) electrons. The summed E-state index contributed by atoms with van der Waals surface area (Å²) in [5.74, 6) is 1.06. The summed E-state index contributed by atoms with van der Waals surface area (Å²) in [6.45, 7) is 11.5. The van der Waals surface area contributed by atoms with Crippen molar-refractivity contribution in [3.05, 3.63) is 29.8 Å². The van der Waals surface area contributed by atoms with Crippen molar-refractivity contribution in [2.45, 2.75) is 25.8 Å². The highest BCUT2D eigenvalue weighted by Gasteiger charge is 2.40. The van der Waals surface area contributed by atoms with Crippen LogP contribution in [0.5, 0.6) is 5.75 Å². The molecule has 1 atom stereocenters. The summed E-state index contributed by atoms with van der Waals surface area (Å²) in [6, 6.07) is 8.62. The number of piperidine rings is 1. The first-order chi connectivity index (χ1) is 13.2. The maximum atomic E-state index is 6.20. The molecule has 5 heteroatoms. The minimum absolute atomic E-state index is 0.527. The Hall–Kier alpha value is -1.14. The number of likely N-dealkylation sites (tertiary alicyclic amines) is 2. The summed E-state index contributed by atoms with van der Waals surface area (Å²) in [7, 11) is 2.27. The Morgan fingerprint density at radius 2 is 1.85 bits per heavy atom.